The number of aromatic nitrogens is 2. The van der Waals surface area contributed by atoms with Gasteiger partial charge in [-0.1, -0.05) is 0 Å². The molecule has 0 aliphatic rings. The minimum absolute atomic E-state index is 0.197. The van der Waals surface area contributed by atoms with E-state index in [0.717, 1.165) is 0 Å². The first-order valence-electron chi connectivity index (χ1n) is 4.81. The number of nitrogens with zero attached hydrogens (tertiary/aromatic N) is 2. The van der Waals surface area contributed by atoms with Gasteiger partial charge < -0.3 is 10.5 Å². The first kappa shape index (κ1) is 12.0. The molecular formula is C9H15N5O2. The van der Waals surface area contributed by atoms with Gasteiger partial charge in [-0.25, -0.2) is 9.48 Å². The van der Waals surface area contributed by atoms with Gasteiger partial charge in [0.25, 0.3) is 0 Å². The number of nitrogen functional groups attached to an aromatic ring is 1. The lowest BCUT2D eigenvalue weighted by atomic mass is 10.3. The summed E-state index contributed by atoms with van der Waals surface area (Å²) in [5.74, 6) is -0.197. The van der Waals surface area contributed by atoms with Crippen molar-refractivity contribution in [2.24, 2.45) is 5.73 Å². The third kappa shape index (κ3) is 2.30. The van der Waals surface area contributed by atoms with Gasteiger partial charge in [-0.2, -0.15) is 5.10 Å². The predicted molar refractivity (Wildman–Crippen MR) is 59.7 cm³/mol. The summed E-state index contributed by atoms with van der Waals surface area (Å²) in [4.78, 5) is 11.2. The summed E-state index contributed by atoms with van der Waals surface area (Å²) in [6.07, 6.45) is -0.545. The fourth-order valence-corrected chi connectivity index (χ4v) is 1.33. The highest BCUT2D eigenvalue weighted by Gasteiger charge is 2.15. The highest BCUT2D eigenvalue weighted by molar-refractivity contribution is 5.88. The number of aryl methyl sites for hydroxylation is 1. The zero-order chi connectivity index (χ0) is 12.3. The second kappa shape index (κ2) is 4.65. The summed E-state index contributed by atoms with van der Waals surface area (Å²) >= 11 is 0. The molecule has 16 heavy (non-hydrogen) atoms. The van der Waals surface area contributed by atoms with E-state index in [9.17, 15) is 4.79 Å². The van der Waals surface area contributed by atoms with Crippen LogP contribution in [0.4, 0.5) is 10.5 Å². The number of amides is 1. The molecular weight excluding hydrogens is 210 g/mol. The molecule has 1 heterocycles. The molecule has 0 aromatic carbocycles. The molecule has 1 aromatic rings. The predicted octanol–water partition coefficient (Wildman–Crippen LogP) is 0.810. The summed E-state index contributed by atoms with van der Waals surface area (Å²) in [5, 5.41) is 13.9. The minimum Gasteiger partial charge on any atom is -0.450 e. The number of anilines is 1. The first-order chi connectivity index (χ1) is 7.47. The Morgan fingerprint density at radius 1 is 1.62 bits per heavy atom. The Hall–Kier alpha value is -2.05. The number of nitrogens with one attached hydrogen (secondary N) is 2. The Morgan fingerprint density at radius 2 is 2.25 bits per heavy atom. The highest BCUT2D eigenvalue weighted by Crippen LogP contribution is 2.18. The molecule has 88 valence electrons. The quantitative estimate of drug-likeness (QED) is 0.511. The van der Waals surface area contributed by atoms with E-state index in [0.29, 0.717) is 23.7 Å². The fourth-order valence-electron chi connectivity index (χ4n) is 1.33. The van der Waals surface area contributed by atoms with Crippen LogP contribution in [0.15, 0.2) is 0 Å². The van der Waals surface area contributed by atoms with Crippen LogP contribution in [-0.4, -0.2) is 28.4 Å². The Labute approximate surface area is 93.1 Å². The average molecular weight is 225 g/mol. The molecule has 0 aliphatic heterocycles. The smallest absolute Gasteiger partial charge is 0.411 e. The van der Waals surface area contributed by atoms with E-state index in [-0.39, 0.29) is 5.96 Å². The van der Waals surface area contributed by atoms with Crippen molar-refractivity contribution >= 4 is 17.7 Å². The summed E-state index contributed by atoms with van der Waals surface area (Å²) in [7, 11) is 0. The second-order valence-corrected chi connectivity index (χ2v) is 3.19. The van der Waals surface area contributed by atoms with Crippen molar-refractivity contribution in [3.63, 3.8) is 0 Å². The Bertz CT molecular complexity index is 424. The van der Waals surface area contributed by atoms with Crippen LogP contribution in [0, 0.1) is 19.3 Å². The van der Waals surface area contributed by atoms with Crippen LogP contribution in [0.25, 0.3) is 0 Å². The number of rotatable bonds is 2. The fraction of sp³-hybridized carbons (Fsp3) is 0.444. The number of nitrogens with two attached hydrogens (primary N) is 1. The van der Waals surface area contributed by atoms with Crippen molar-refractivity contribution in [2.45, 2.75) is 20.8 Å². The van der Waals surface area contributed by atoms with Crippen molar-refractivity contribution in [2.75, 3.05) is 11.9 Å². The third-order valence-electron chi connectivity index (χ3n) is 2.02. The summed E-state index contributed by atoms with van der Waals surface area (Å²) < 4.78 is 6.00. The van der Waals surface area contributed by atoms with Crippen LogP contribution < -0.4 is 11.1 Å². The first-order valence-corrected chi connectivity index (χ1v) is 4.81. The van der Waals surface area contributed by atoms with Gasteiger partial charge in [-0.3, -0.25) is 10.7 Å². The number of carbonyl (C=O) groups is 1. The van der Waals surface area contributed by atoms with Gasteiger partial charge in [-0.05, 0) is 20.8 Å². The molecule has 0 atom stereocenters. The molecule has 0 bridgehead atoms. The summed E-state index contributed by atoms with van der Waals surface area (Å²) in [6.45, 7) is 5.44. The topological polar surface area (TPSA) is 106 Å². The van der Waals surface area contributed by atoms with Crippen molar-refractivity contribution < 1.29 is 9.53 Å². The lowest BCUT2D eigenvalue weighted by Gasteiger charge is -2.05. The van der Waals surface area contributed by atoms with Gasteiger partial charge in [0.05, 0.1) is 23.7 Å². The van der Waals surface area contributed by atoms with Crippen LogP contribution in [0.5, 0.6) is 0 Å². The van der Waals surface area contributed by atoms with Gasteiger partial charge in [0.15, 0.2) is 0 Å². The van der Waals surface area contributed by atoms with Gasteiger partial charge in [-0.15, -0.1) is 0 Å². The Balaban J connectivity index is 2.96. The maximum atomic E-state index is 11.2. The monoisotopic (exact) mass is 225 g/mol. The maximum Gasteiger partial charge on any atom is 0.411 e. The van der Waals surface area contributed by atoms with Crippen LogP contribution in [0.2, 0.25) is 0 Å². The van der Waals surface area contributed by atoms with E-state index in [1.807, 2.05) is 0 Å². The molecule has 7 nitrogen and oxygen atoms in total. The Morgan fingerprint density at radius 3 is 2.69 bits per heavy atom. The Kier molecular flexibility index (Phi) is 3.49. The lowest BCUT2D eigenvalue weighted by molar-refractivity contribution is 0.168. The highest BCUT2D eigenvalue weighted by atomic mass is 16.5. The SMILES string of the molecule is CCOC(=O)Nc1c(C)nn(C(=N)N)c1C. The van der Waals surface area contributed by atoms with E-state index < -0.39 is 6.09 Å². The standard InChI is InChI=1S/C9H15N5O2/c1-4-16-9(15)12-7-5(2)13-14(6(7)3)8(10)11/h4H2,1-3H3,(H3,10,11)(H,12,15). The van der Waals surface area contributed by atoms with E-state index >= 15 is 0 Å². The van der Waals surface area contributed by atoms with E-state index in [1.54, 1.807) is 20.8 Å². The van der Waals surface area contributed by atoms with E-state index in [4.69, 9.17) is 15.9 Å². The van der Waals surface area contributed by atoms with Crippen molar-refractivity contribution in [3.05, 3.63) is 11.4 Å². The molecule has 0 saturated heterocycles. The molecule has 4 N–H and O–H groups in total. The molecule has 0 spiro atoms. The molecule has 7 heteroatoms. The number of carbonyl (C=O) groups excluding carboxylic acids is 1. The number of ether oxygens (including phenoxy) is 1. The zero-order valence-corrected chi connectivity index (χ0v) is 9.50. The van der Waals surface area contributed by atoms with Crippen molar-refractivity contribution in [3.8, 4) is 0 Å². The van der Waals surface area contributed by atoms with Crippen LogP contribution in [0.1, 0.15) is 18.3 Å². The molecule has 0 aliphatic carbocycles. The third-order valence-corrected chi connectivity index (χ3v) is 2.02. The molecule has 0 saturated carbocycles. The van der Waals surface area contributed by atoms with Crippen LogP contribution in [0.3, 0.4) is 0 Å². The van der Waals surface area contributed by atoms with Crippen LogP contribution >= 0.6 is 0 Å². The zero-order valence-electron chi connectivity index (χ0n) is 9.50. The minimum atomic E-state index is -0.545. The van der Waals surface area contributed by atoms with Gasteiger partial charge in [0, 0.05) is 0 Å². The van der Waals surface area contributed by atoms with Crippen molar-refractivity contribution in [1.82, 2.24) is 9.78 Å². The molecule has 1 amide bonds. The maximum absolute atomic E-state index is 11.2. The molecule has 1 rings (SSSR count). The van der Waals surface area contributed by atoms with E-state index in [1.165, 1.54) is 4.68 Å². The normalized spacial score (nSPS) is 9.94. The average Bonchev–Trinajstić information content (AvgIpc) is 2.46. The van der Waals surface area contributed by atoms with Gasteiger partial charge in [0.1, 0.15) is 0 Å². The van der Waals surface area contributed by atoms with Crippen LogP contribution in [-0.2, 0) is 4.74 Å². The lowest BCUT2D eigenvalue weighted by Crippen LogP contribution is -2.23. The van der Waals surface area contributed by atoms with Gasteiger partial charge in [0.2, 0.25) is 5.96 Å². The second-order valence-electron chi connectivity index (χ2n) is 3.19. The summed E-state index contributed by atoms with van der Waals surface area (Å²) in [5.41, 5.74) is 7.03. The largest absolute Gasteiger partial charge is 0.450 e. The van der Waals surface area contributed by atoms with E-state index in [2.05, 4.69) is 10.4 Å². The van der Waals surface area contributed by atoms with Crippen molar-refractivity contribution in [1.29, 1.82) is 5.41 Å². The molecule has 0 radical (unpaired) electrons. The number of hydrogen-bond donors (Lipinski definition) is 3. The van der Waals surface area contributed by atoms with Gasteiger partial charge >= 0.3 is 6.09 Å². The molecule has 1 aromatic heterocycles. The number of hydrogen-bond acceptors (Lipinski definition) is 4. The molecule has 0 fully saturated rings. The molecule has 0 unspecified atom stereocenters. The summed E-state index contributed by atoms with van der Waals surface area (Å²) in [6, 6.07) is 0.